The van der Waals surface area contributed by atoms with Gasteiger partial charge in [0.05, 0.1) is 19.8 Å². The van der Waals surface area contributed by atoms with Crippen LogP contribution in [0.15, 0.2) is 42.5 Å². The quantitative estimate of drug-likeness (QED) is 0.527. The number of methoxy groups -OCH3 is 2. The summed E-state index contributed by atoms with van der Waals surface area (Å²) >= 11 is 0. The predicted molar refractivity (Wildman–Crippen MR) is 87.2 cm³/mol. The number of esters is 1. The summed E-state index contributed by atoms with van der Waals surface area (Å²) in [5, 5.41) is 0. The first-order chi connectivity index (χ1) is 12.4. The fourth-order valence-corrected chi connectivity index (χ4v) is 2.05. The summed E-state index contributed by atoms with van der Waals surface area (Å²) in [5.41, 5.74) is 0.359. The molecule has 0 unspecified atom stereocenters. The van der Waals surface area contributed by atoms with E-state index in [0.717, 1.165) is 0 Å². The number of hydrogen-bond donors (Lipinski definition) is 0. The third-order valence-electron chi connectivity index (χ3n) is 3.32. The highest BCUT2D eigenvalue weighted by Gasteiger charge is 2.15. The van der Waals surface area contributed by atoms with E-state index < -0.39 is 25.0 Å². The topological polar surface area (TPSA) is 71.1 Å². The molecule has 0 saturated carbocycles. The summed E-state index contributed by atoms with van der Waals surface area (Å²) in [7, 11) is 2.88. The van der Waals surface area contributed by atoms with Crippen LogP contribution in [0, 0.1) is 0 Å². The van der Waals surface area contributed by atoms with E-state index in [1.165, 1.54) is 50.6 Å². The molecule has 0 N–H and O–H groups in total. The van der Waals surface area contributed by atoms with Crippen molar-refractivity contribution < 1.29 is 37.3 Å². The van der Waals surface area contributed by atoms with Crippen LogP contribution >= 0.6 is 0 Å². The highest BCUT2D eigenvalue weighted by molar-refractivity contribution is 5.99. The van der Waals surface area contributed by atoms with Crippen molar-refractivity contribution in [1.82, 2.24) is 0 Å². The molecule has 6 nitrogen and oxygen atoms in total. The molecule has 138 valence electrons. The number of ketones is 1. The Morgan fingerprint density at radius 2 is 1.46 bits per heavy atom. The molecular weight excluding hydrogens is 350 g/mol. The molecule has 2 rings (SSSR count). The van der Waals surface area contributed by atoms with Crippen LogP contribution in [0.2, 0.25) is 0 Å². The average Bonchev–Trinajstić information content (AvgIpc) is 2.65. The summed E-state index contributed by atoms with van der Waals surface area (Å²) in [6.07, 6.45) is 0. The van der Waals surface area contributed by atoms with E-state index in [-0.39, 0.29) is 16.9 Å². The van der Waals surface area contributed by atoms with Crippen LogP contribution in [0.5, 0.6) is 17.2 Å². The van der Waals surface area contributed by atoms with Crippen LogP contribution < -0.4 is 14.2 Å². The van der Waals surface area contributed by atoms with E-state index in [1.54, 1.807) is 6.07 Å². The largest absolute Gasteiger partial charge is 0.497 e. The van der Waals surface area contributed by atoms with Gasteiger partial charge in [-0.25, -0.2) is 4.79 Å². The Labute approximate surface area is 148 Å². The number of alkyl halides is 2. The number of carbonyl (C=O) groups excluding carboxylic acids is 2. The summed E-state index contributed by atoms with van der Waals surface area (Å²) in [4.78, 5) is 24.1. The van der Waals surface area contributed by atoms with Crippen LogP contribution in [0.1, 0.15) is 20.7 Å². The second-order valence-electron chi connectivity index (χ2n) is 5.00. The summed E-state index contributed by atoms with van der Waals surface area (Å²) in [6, 6.07) is 9.57. The van der Waals surface area contributed by atoms with E-state index in [1.807, 2.05) is 0 Å². The van der Waals surface area contributed by atoms with Gasteiger partial charge >= 0.3 is 12.6 Å². The predicted octanol–water partition coefficient (Wildman–Crippen LogP) is 3.34. The lowest BCUT2D eigenvalue weighted by molar-refractivity contribution is -0.0498. The van der Waals surface area contributed by atoms with Crippen molar-refractivity contribution in [2.45, 2.75) is 6.61 Å². The van der Waals surface area contributed by atoms with Gasteiger partial charge in [-0.3, -0.25) is 4.79 Å². The van der Waals surface area contributed by atoms with Gasteiger partial charge in [-0.15, -0.1) is 0 Å². The Hall–Kier alpha value is -3.16. The van der Waals surface area contributed by atoms with Gasteiger partial charge in [-0.1, -0.05) is 0 Å². The molecule has 2 aromatic rings. The molecule has 0 amide bonds. The van der Waals surface area contributed by atoms with Gasteiger partial charge in [-0.2, -0.15) is 8.78 Å². The van der Waals surface area contributed by atoms with E-state index in [2.05, 4.69) is 4.74 Å². The lowest BCUT2D eigenvalue weighted by atomic mass is 10.1. The second-order valence-corrected chi connectivity index (χ2v) is 5.00. The number of ether oxygens (including phenoxy) is 4. The molecule has 0 aliphatic heterocycles. The van der Waals surface area contributed by atoms with Crippen LogP contribution in [-0.4, -0.2) is 39.2 Å². The van der Waals surface area contributed by atoms with Crippen LogP contribution in [0.4, 0.5) is 8.78 Å². The fourth-order valence-electron chi connectivity index (χ4n) is 2.05. The Bertz CT molecular complexity index is 752. The zero-order valence-electron chi connectivity index (χ0n) is 14.0. The van der Waals surface area contributed by atoms with Gasteiger partial charge in [0.2, 0.25) is 0 Å². The third-order valence-corrected chi connectivity index (χ3v) is 3.32. The number of benzene rings is 2. The van der Waals surface area contributed by atoms with Crippen molar-refractivity contribution in [3.05, 3.63) is 53.6 Å². The number of hydrogen-bond acceptors (Lipinski definition) is 6. The number of Topliss-reactive ketones (excluding diaryl/α,β-unsaturated/α-hetero) is 1. The molecule has 8 heteroatoms. The minimum atomic E-state index is -2.95. The van der Waals surface area contributed by atoms with Crippen LogP contribution in [0.25, 0.3) is 0 Å². The number of halogens is 2. The van der Waals surface area contributed by atoms with Gasteiger partial charge in [0.15, 0.2) is 12.4 Å². The maximum atomic E-state index is 12.1. The minimum Gasteiger partial charge on any atom is -0.497 e. The van der Waals surface area contributed by atoms with E-state index in [4.69, 9.17) is 14.2 Å². The molecule has 0 spiro atoms. The standard InChI is InChI=1S/C18H16F2O6/c1-23-14-7-12(8-15(9-14)24-2)17(22)25-10-16(21)11-3-5-13(6-4-11)26-18(19)20/h3-9,18H,10H2,1-2H3. The smallest absolute Gasteiger partial charge is 0.387 e. The maximum Gasteiger partial charge on any atom is 0.387 e. The highest BCUT2D eigenvalue weighted by atomic mass is 19.3. The molecule has 0 fully saturated rings. The molecule has 0 bridgehead atoms. The molecule has 0 atom stereocenters. The zero-order valence-corrected chi connectivity index (χ0v) is 14.0. The van der Waals surface area contributed by atoms with Gasteiger partial charge in [0.1, 0.15) is 17.2 Å². The van der Waals surface area contributed by atoms with Gasteiger partial charge in [-0.05, 0) is 36.4 Å². The summed E-state index contributed by atoms with van der Waals surface area (Å²) < 4.78 is 43.5. The summed E-state index contributed by atoms with van der Waals surface area (Å²) in [6.45, 7) is -3.45. The maximum absolute atomic E-state index is 12.1. The second kappa shape index (κ2) is 8.80. The van der Waals surface area contributed by atoms with Crippen molar-refractivity contribution in [2.24, 2.45) is 0 Å². The molecule has 2 aromatic carbocycles. The first kappa shape index (κ1) is 19.2. The van der Waals surface area contributed by atoms with E-state index in [0.29, 0.717) is 11.5 Å². The first-order valence-corrected chi connectivity index (χ1v) is 7.41. The SMILES string of the molecule is COc1cc(OC)cc(C(=O)OCC(=O)c2ccc(OC(F)F)cc2)c1. The lowest BCUT2D eigenvalue weighted by Gasteiger charge is -2.09. The summed E-state index contributed by atoms with van der Waals surface area (Å²) in [5.74, 6) is -0.489. The van der Waals surface area contributed by atoms with E-state index >= 15 is 0 Å². The molecule has 0 aliphatic rings. The third kappa shape index (κ3) is 5.17. The van der Waals surface area contributed by atoms with Crippen LogP contribution in [-0.2, 0) is 4.74 Å². The van der Waals surface area contributed by atoms with Crippen molar-refractivity contribution in [3.63, 3.8) is 0 Å². The van der Waals surface area contributed by atoms with Gasteiger partial charge < -0.3 is 18.9 Å². The van der Waals surface area contributed by atoms with Gasteiger partial charge in [0.25, 0.3) is 0 Å². The molecule has 0 aromatic heterocycles. The Kier molecular flexibility index (Phi) is 6.48. The molecule has 0 radical (unpaired) electrons. The minimum absolute atomic E-state index is 0.0722. The Balaban J connectivity index is 1.99. The normalized spacial score (nSPS) is 10.3. The monoisotopic (exact) mass is 366 g/mol. The molecule has 26 heavy (non-hydrogen) atoms. The average molecular weight is 366 g/mol. The first-order valence-electron chi connectivity index (χ1n) is 7.41. The van der Waals surface area contributed by atoms with Crippen molar-refractivity contribution >= 4 is 11.8 Å². The molecule has 0 saturated heterocycles. The Morgan fingerprint density at radius 3 is 1.96 bits per heavy atom. The zero-order chi connectivity index (χ0) is 19.1. The van der Waals surface area contributed by atoms with Crippen molar-refractivity contribution in [3.8, 4) is 17.2 Å². The Morgan fingerprint density at radius 1 is 0.885 bits per heavy atom. The van der Waals surface area contributed by atoms with Crippen LogP contribution in [0.3, 0.4) is 0 Å². The number of carbonyl (C=O) groups is 2. The highest BCUT2D eigenvalue weighted by Crippen LogP contribution is 2.23. The van der Waals surface area contributed by atoms with Crippen molar-refractivity contribution in [1.29, 1.82) is 0 Å². The molecule has 0 aliphatic carbocycles. The van der Waals surface area contributed by atoms with Crippen molar-refractivity contribution in [2.75, 3.05) is 20.8 Å². The van der Waals surface area contributed by atoms with Gasteiger partial charge in [0, 0.05) is 11.6 Å². The molecular formula is C18H16F2O6. The lowest BCUT2D eigenvalue weighted by Crippen LogP contribution is -2.14. The fraction of sp³-hybridized carbons (Fsp3) is 0.222. The van der Waals surface area contributed by atoms with E-state index in [9.17, 15) is 18.4 Å². The molecule has 0 heterocycles. The number of rotatable bonds is 8.